The first kappa shape index (κ1) is 12.0. The lowest BCUT2D eigenvalue weighted by molar-refractivity contribution is -0.0945. The Hall–Kier alpha value is -0.0800. The summed E-state index contributed by atoms with van der Waals surface area (Å²) in [6, 6.07) is 0.489. The van der Waals surface area contributed by atoms with Crippen LogP contribution in [0.5, 0.6) is 0 Å². The molecule has 0 spiro atoms. The molecule has 2 nitrogen and oxygen atoms in total. The van der Waals surface area contributed by atoms with Gasteiger partial charge in [0.15, 0.2) is 0 Å². The van der Waals surface area contributed by atoms with Crippen molar-refractivity contribution in [2.75, 3.05) is 0 Å². The molecule has 4 saturated carbocycles. The lowest BCUT2D eigenvalue weighted by Gasteiger charge is -2.61. The van der Waals surface area contributed by atoms with Crippen LogP contribution >= 0.6 is 0 Å². The predicted molar refractivity (Wildman–Crippen MR) is 71.2 cm³/mol. The minimum atomic E-state index is 0.278. The molecule has 0 aliphatic heterocycles. The molecule has 1 unspecified atom stereocenters. The van der Waals surface area contributed by atoms with Crippen molar-refractivity contribution < 1.29 is 0 Å². The summed E-state index contributed by atoms with van der Waals surface area (Å²) in [6.45, 7) is 7.03. The van der Waals surface area contributed by atoms with Crippen molar-refractivity contribution in [3.63, 3.8) is 0 Å². The van der Waals surface area contributed by atoms with E-state index in [1.54, 1.807) is 0 Å². The van der Waals surface area contributed by atoms with Crippen molar-refractivity contribution >= 4 is 0 Å². The molecule has 4 bridgehead atoms. The molecule has 3 N–H and O–H groups in total. The number of rotatable bonds is 2. The molecule has 1 atom stereocenters. The van der Waals surface area contributed by atoms with Gasteiger partial charge in [0, 0.05) is 6.04 Å². The zero-order chi connectivity index (χ0) is 12.3. The zero-order valence-corrected chi connectivity index (χ0v) is 11.6. The van der Waals surface area contributed by atoms with Gasteiger partial charge in [-0.1, -0.05) is 20.8 Å². The summed E-state index contributed by atoms with van der Waals surface area (Å²) in [5.74, 6) is 8.97. The van der Waals surface area contributed by atoms with Crippen molar-refractivity contribution in [1.29, 1.82) is 0 Å². The van der Waals surface area contributed by atoms with Gasteiger partial charge in [-0.05, 0) is 67.1 Å². The maximum atomic E-state index is 5.93. The van der Waals surface area contributed by atoms with Crippen LogP contribution in [0, 0.1) is 28.6 Å². The maximum absolute atomic E-state index is 5.93. The summed E-state index contributed by atoms with van der Waals surface area (Å²) in [6.07, 6.45) is 8.85. The fraction of sp³-hybridized carbons (Fsp3) is 1.00. The normalized spacial score (nSPS) is 46.2. The van der Waals surface area contributed by atoms with Gasteiger partial charge in [-0.15, -0.1) is 0 Å². The second kappa shape index (κ2) is 3.71. The van der Waals surface area contributed by atoms with Gasteiger partial charge in [-0.3, -0.25) is 11.3 Å². The predicted octanol–water partition coefficient (Wildman–Crippen LogP) is 3.08. The van der Waals surface area contributed by atoms with Crippen molar-refractivity contribution in [3.05, 3.63) is 0 Å². The van der Waals surface area contributed by atoms with Crippen LogP contribution in [0.1, 0.15) is 59.3 Å². The van der Waals surface area contributed by atoms with E-state index in [-0.39, 0.29) is 5.41 Å². The Morgan fingerprint density at radius 3 is 1.71 bits per heavy atom. The number of hydrogen-bond donors (Lipinski definition) is 2. The quantitative estimate of drug-likeness (QED) is 0.571. The van der Waals surface area contributed by atoms with Crippen molar-refractivity contribution in [3.8, 4) is 0 Å². The summed E-state index contributed by atoms with van der Waals surface area (Å²) in [7, 11) is 0. The summed E-state index contributed by atoms with van der Waals surface area (Å²) in [4.78, 5) is 0. The molecule has 4 fully saturated rings. The van der Waals surface area contributed by atoms with Crippen LogP contribution in [0.4, 0.5) is 0 Å². The SMILES string of the molecule is CC(C)(C)C(NN)C12CC3CC(CC(C3)C1)C2. The van der Waals surface area contributed by atoms with E-state index in [1.165, 1.54) is 38.5 Å². The third-order valence-corrected chi connectivity index (χ3v) is 5.73. The van der Waals surface area contributed by atoms with Crippen LogP contribution in [-0.2, 0) is 0 Å². The van der Waals surface area contributed by atoms with Crippen LogP contribution in [0.15, 0.2) is 0 Å². The van der Waals surface area contributed by atoms with Gasteiger partial charge in [-0.2, -0.15) is 0 Å². The fourth-order valence-corrected chi connectivity index (χ4v) is 5.88. The van der Waals surface area contributed by atoms with Crippen LogP contribution in [-0.4, -0.2) is 6.04 Å². The molecule has 17 heavy (non-hydrogen) atoms. The van der Waals surface area contributed by atoms with E-state index in [4.69, 9.17) is 5.84 Å². The molecule has 2 heteroatoms. The molecule has 0 aromatic rings. The fourth-order valence-electron chi connectivity index (χ4n) is 5.88. The molecule has 4 aliphatic rings. The molecular formula is C15H28N2. The number of nitrogens with one attached hydrogen (secondary N) is 1. The highest BCUT2D eigenvalue weighted by Gasteiger charge is 2.56. The van der Waals surface area contributed by atoms with Gasteiger partial charge in [0.25, 0.3) is 0 Å². The largest absolute Gasteiger partial charge is 0.271 e. The molecule has 98 valence electrons. The van der Waals surface area contributed by atoms with E-state index in [2.05, 4.69) is 26.2 Å². The van der Waals surface area contributed by atoms with Crippen LogP contribution in [0.2, 0.25) is 0 Å². The van der Waals surface area contributed by atoms with E-state index < -0.39 is 0 Å². The summed E-state index contributed by atoms with van der Waals surface area (Å²) < 4.78 is 0. The highest BCUT2D eigenvalue weighted by Crippen LogP contribution is 2.62. The molecule has 0 radical (unpaired) electrons. The van der Waals surface area contributed by atoms with Gasteiger partial charge >= 0.3 is 0 Å². The Balaban J connectivity index is 1.90. The van der Waals surface area contributed by atoms with Gasteiger partial charge in [0.2, 0.25) is 0 Å². The molecular weight excluding hydrogens is 208 g/mol. The van der Waals surface area contributed by atoms with Crippen LogP contribution in [0.25, 0.3) is 0 Å². The lowest BCUT2D eigenvalue weighted by Crippen LogP contribution is -2.61. The number of hydrogen-bond acceptors (Lipinski definition) is 2. The van der Waals surface area contributed by atoms with E-state index in [1.807, 2.05) is 0 Å². The second-order valence-corrected chi connectivity index (χ2v) is 8.25. The van der Waals surface area contributed by atoms with E-state index >= 15 is 0 Å². The van der Waals surface area contributed by atoms with Gasteiger partial charge < -0.3 is 0 Å². The molecule has 0 aromatic carbocycles. The van der Waals surface area contributed by atoms with E-state index in [0.29, 0.717) is 11.5 Å². The number of hydrazine groups is 1. The summed E-state index contributed by atoms with van der Waals surface area (Å²) in [5.41, 5.74) is 3.99. The third kappa shape index (κ3) is 1.84. The number of nitrogens with two attached hydrogens (primary N) is 1. The van der Waals surface area contributed by atoms with E-state index in [0.717, 1.165) is 17.8 Å². The third-order valence-electron chi connectivity index (χ3n) is 5.73. The Bertz CT molecular complexity index is 267. The average Bonchev–Trinajstić information content (AvgIpc) is 2.12. The van der Waals surface area contributed by atoms with Gasteiger partial charge in [0.1, 0.15) is 0 Å². The first-order valence-electron chi connectivity index (χ1n) is 7.39. The molecule has 0 heterocycles. The zero-order valence-electron chi connectivity index (χ0n) is 11.6. The first-order chi connectivity index (χ1) is 7.93. The standard InChI is InChI=1S/C15H28N2/c1-14(2,3)13(17-16)15-7-10-4-11(8-15)6-12(5-10)9-15/h10-13,17H,4-9,16H2,1-3H3. The Labute approximate surface area is 106 Å². The molecule has 0 saturated heterocycles. The smallest absolute Gasteiger partial charge is 0.0315 e. The Morgan fingerprint density at radius 2 is 1.41 bits per heavy atom. The minimum Gasteiger partial charge on any atom is -0.271 e. The van der Waals surface area contributed by atoms with Crippen molar-refractivity contribution in [1.82, 2.24) is 5.43 Å². The molecule has 0 aromatic heterocycles. The molecule has 0 amide bonds. The van der Waals surface area contributed by atoms with Crippen molar-refractivity contribution in [2.24, 2.45) is 34.4 Å². The van der Waals surface area contributed by atoms with Crippen LogP contribution in [0.3, 0.4) is 0 Å². The Morgan fingerprint density at radius 1 is 1.00 bits per heavy atom. The highest BCUT2D eigenvalue weighted by molar-refractivity contribution is 5.08. The van der Waals surface area contributed by atoms with Gasteiger partial charge in [-0.25, -0.2) is 0 Å². The average molecular weight is 236 g/mol. The second-order valence-electron chi connectivity index (χ2n) is 8.25. The summed E-state index contributed by atoms with van der Waals surface area (Å²) in [5, 5.41) is 0. The monoisotopic (exact) mass is 236 g/mol. The molecule has 4 aliphatic carbocycles. The summed E-state index contributed by atoms with van der Waals surface area (Å²) >= 11 is 0. The van der Waals surface area contributed by atoms with Crippen LogP contribution < -0.4 is 11.3 Å². The lowest BCUT2D eigenvalue weighted by atomic mass is 9.46. The van der Waals surface area contributed by atoms with Gasteiger partial charge in [0.05, 0.1) is 0 Å². The first-order valence-corrected chi connectivity index (χ1v) is 7.39. The topological polar surface area (TPSA) is 38.0 Å². The van der Waals surface area contributed by atoms with Crippen molar-refractivity contribution in [2.45, 2.75) is 65.3 Å². The molecule has 4 rings (SSSR count). The highest BCUT2D eigenvalue weighted by atomic mass is 15.2. The van der Waals surface area contributed by atoms with E-state index in [9.17, 15) is 0 Å². The minimum absolute atomic E-state index is 0.278. The maximum Gasteiger partial charge on any atom is 0.0315 e. The Kier molecular flexibility index (Phi) is 2.61.